The fourth-order valence-electron chi connectivity index (χ4n) is 6.76. The van der Waals surface area contributed by atoms with Gasteiger partial charge in [0.2, 0.25) is 17.7 Å². The van der Waals surface area contributed by atoms with Gasteiger partial charge in [0.15, 0.2) is 0 Å². The lowest BCUT2D eigenvalue weighted by atomic mass is 9.97. The van der Waals surface area contributed by atoms with Crippen LogP contribution in [0.25, 0.3) is 33.6 Å². The van der Waals surface area contributed by atoms with Crippen LogP contribution in [0.4, 0.5) is 0 Å². The van der Waals surface area contributed by atoms with E-state index in [-0.39, 0.29) is 23.9 Å². The van der Waals surface area contributed by atoms with E-state index in [2.05, 4.69) is 45.9 Å². The van der Waals surface area contributed by atoms with Gasteiger partial charge in [0.25, 0.3) is 0 Å². The molecule has 0 spiro atoms. The van der Waals surface area contributed by atoms with E-state index in [0.717, 1.165) is 64.1 Å². The summed E-state index contributed by atoms with van der Waals surface area (Å²) in [4.78, 5) is 34.9. The molecule has 2 fully saturated rings. The molecule has 0 aliphatic carbocycles. The first-order valence-electron chi connectivity index (χ1n) is 16.8. The van der Waals surface area contributed by atoms with Crippen molar-refractivity contribution in [3.8, 4) is 45.3 Å². The number of ether oxygens (including phenoxy) is 2. The predicted octanol–water partition coefficient (Wildman–Crippen LogP) is 6.19. The van der Waals surface area contributed by atoms with Crippen LogP contribution >= 0.6 is 23.2 Å². The van der Waals surface area contributed by atoms with Crippen LogP contribution < -0.4 is 25.4 Å². The number of pyridine rings is 2. The van der Waals surface area contributed by atoms with E-state index < -0.39 is 0 Å². The fraction of sp³-hybridized carbons (Fsp3) is 0.368. The van der Waals surface area contributed by atoms with E-state index in [4.69, 9.17) is 37.7 Å². The fourth-order valence-corrected chi connectivity index (χ4v) is 7.41. The molecule has 2 aliphatic rings. The second kappa shape index (κ2) is 15.8. The summed E-state index contributed by atoms with van der Waals surface area (Å²) in [6, 6.07) is 15.9. The van der Waals surface area contributed by atoms with Crippen molar-refractivity contribution in [2.45, 2.75) is 57.8 Å². The van der Waals surface area contributed by atoms with Crippen LogP contribution in [0.1, 0.15) is 42.4 Å². The van der Waals surface area contributed by atoms with Gasteiger partial charge in [0.1, 0.15) is 5.75 Å². The van der Waals surface area contributed by atoms with Crippen molar-refractivity contribution >= 4 is 35.0 Å². The highest BCUT2D eigenvalue weighted by molar-refractivity contribution is 6.39. The summed E-state index contributed by atoms with van der Waals surface area (Å²) in [5.41, 5.74) is 7.38. The third-order valence-corrected chi connectivity index (χ3v) is 10.1. The van der Waals surface area contributed by atoms with Gasteiger partial charge in [-0.05, 0) is 56.6 Å². The van der Waals surface area contributed by atoms with Crippen molar-refractivity contribution in [3.05, 3.63) is 81.5 Å². The van der Waals surface area contributed by atoms with E-state index >= 15 is 0 Å². The predicted molar refractivity (Wildman–Crippen MR) is 197 cm³/mol. The Morgan fingerprint density at radius 1 is 0.920 bits per heavy atom. The number of methoxy groups -OCH3 is 2. The molecule has 2 atom stereocenters. The molecular formula is C38H42Cl2N6O4. The molecule has 4 heterocycles. The molecule has 0 unspecified atom stereocenters. The number of aryl methyl sites for hydroxylation is 1. The van der Waals surface area contributed by atoms with E-state index in [9.17, 15) is 9.59 Å². The SMILES string of the molecule is COc1cc(-c2nccc(-c3cccc(-c4ccc(CNC[C@@H]5CCC(=O)N5)c(OC)n4)c3Cl)c2Cl)cc(C)c1CN(C)C[C@H]1CCC(=O)N1. The minimum Gasteiger partial charge on any atom is -0.496 e. The highest BCUT2D eigenvalue weighted by Gasteiger charge is 2.24. The van der Waals surface area contributed by atoms with Crippen LogP contribution in [-0.4, -0.2) is 73.1 Å². The van der Waals surface area contributed by atoms with Crippen molar-refractivity contribution in [2.75, 3.05) is 34.4 Å². The van der Waals surface area contributed by atoms with Crippen molar-refractivity contribution in [1.29, 1.82) is 0 Å². The van der Waals surface area contributed by atoms with E-state index in [1.54, 1.807) is 20.4 Å². The molecule has 0 bridgehead atoms. The van der Waals surface area contributed by atoms with Crippen LogP contribution in [0.5, 0.6) is 11.6 Å². The van der Waals surface area contributed by atoms with Crippen LogP contribution in [-0.2, 0) is 22.7 Å². The van der Waals surface area contributed by atoms with E-state index in [0.29, 0.717) is 59.8 Å². The van der Waals surface area contributed by atoms with Crippen LogP contribution in [0.3, 0.4) is 0 Å². The number of carbonyl (C=O) groups is 2. The lowest BCUT2D eigenvalue weighted by Crippen LogP contribution is -2.36. The number of halogens is 2. The molecule has 0 saturated carbocycles. The van der Waals surface area contributed by atoms with Gasteiger partial charge < -0.3 is 25.4 Å². The normalized spacial score (nSPS) is 17.3. The van der Waals surface area contributed by atoms with Crippen LogP contribution in [0.2, 0.25) is 10.0 Å². The maximum atomic E-state index is 11.7. The van der Waals surface area contributed by atoms with Crippen molar-refractivity contribution in [1.82, 2.24) is 30.8 Å². The molecule has 2 aliphatic heterocycles. The monoisotopic (exact) mass is 716 g/mol. The topological polar surface area (TPSA) is 118 Å². The Labute approximate surface area is 302 Å². The third kappa shape index (κ3) is 7.89. The zero-order valence-electron chi connectivity index (χ0n) is 28.7. The Balaban J connectivity index is 1.23. The van der Waals surface area contributed by atoms with Gasteiger partial charge in [-0.2, -0.15) is 0 Å². The molecule has 0 radical (unpaired) electrons. The second-order valence-electron chi connectivity index (χ2n) is 13.0. The molecule has 50 heavy (non-hydrogen) atoms. The summed E-state index contributed by atoms with van der Waals surface area (Å²) in [7, 11) is 5.32. The van der Waals surface area contributed by atoms with Crippen LogP contribution in [0, 0.1) is 6.92 Å². The summed E-state index contributed by atoms with van der Waals surface area (Å²) in [6.07, 6.45) is 4.57. The first-order chi connectivity index (χ1) is 24.1. The molecule has 3 N–H and O–H groups in total. The van der Waals surface area contributed by atoms with Gasteiger partial charge in [-0.25, -0.2) is 4.98 Å². The number of carbonyl (C=O) groups excluding carboxylic acids is 2. The number of hydrogen-bond donors (Lipinski definition) is 3. The van der Waals surface area contributed by atoms with Gasteiger partial charge >= 0.3 is 0 Å². The lowest BCUT2D eigenvalue weighted by molar-refractivity contribution is -0.120. The Morgan fingerprint density at radius 3 is 2.34 bits per heavy atom. The smallest absolute Gasteiger partial charge is 0.220 e. The Bertz CT molecular complexity index is 1900. The Morgan fingerprint density at radius 2 is 1.64 bits per heavy atom. The number of nitrogens with zero attached hydrogens (tertiary/aromatic N) is 3. The summed E-state index contributed by atoms with van der Waals surface area (Å²) in [5.74, 6) is 1.46. The molecule has 2 aromatic heterocycles. The first-order valence-corrected chi connectivity index (χ1v) is 17.5. The van der Waals surface area contributed by atoms with Gasteiger partial charge in [-0.15, -0.1) is 0 Å². The summed E-state index contributed by atoms with van der Waals surface area (Å²) < 4.78 is 11.5. The highest BCUT2D eigenvalue weighted by Crippen LogP contribution is 2.42. The molecule has 2 amide bonds. The standard InChI is InChI=1S/C38H42Cl2N6O4/c1-22-16-24(17-32(49-3)30(22)21-46(2)20-26-10-13-34(48)44-26)37-36(40)28(14-15-42-37)27-6-5-7-29(35(27)39)31-11-8-23(38(45-31)50-4)18-41-19-25-9-12-33(47)43-25/h5-8,11,14-17,25-26,41H,9-10,12-13,18-21H2,1-4H3,(H,43,47)(H,44,48)/t25-,26+/m0/s1. The number of rotatable bonds is 13. The first kappa shape index (κ1) is 35.6. The van der Waals surface area contributed by atoms with Gasteiger partial charge in [-0.3, -0.25) is 19.5 Å². The highest BCUT2D eigenvalue weighted by atomic mass is 35.5. The summed E-state index contributed by atoms with van der Waals surface area (Å²) in [5, 5.41) is 10.4. The molecule has 2 saturated heterocycles. The molecule has 262 valence electrons. The average Bonchev–Trinajstić information content (AvgIpc) is 3.72. The zero-order chi connectivity index (χ0) is 35.4. The Hall–Kier alpha value is -4.22. The number of hydrogen-bond acceptors (Lipinski definition) is 8. The molecule has 6 rings (SSSR count). The quantitative estimate of drug-likeness (QED) is 0.150. The summed E-state index contributed by atoms with van der Waals surface area (Å²) in [6.45, 7) is 4.71. The zero-order valence-corrected chi connectivity index (χ0v) is 30.3. The number of aromatic nitrogens is 2. The van der Waals surface area contributed by atoms with E-state index in [1.807, 2.05) is 42.5 Å². The van der Waals surface area contributed by atoms with Gasteiger partial charge in [-0.1, -0.05) is 47.5 Å². The van der Waals surface area contributed by atoms with Gasteiger partial charge in [0.05, 0.1) is 35.7 Å². The van der Waals surface area contributed by atoms with Crippen molar-refractivity contribution in [2.24, 2.45) is 0 Å². The summed E-state index contributed by atoms with van der Waals surface area (Å²) >= 11 is 14.2. The molecule has 10 nitrogen and oxygen atoms in total. The minimum atomic E-state index is 0.0984. The molecular weight excluding hydrogens is 675 g/mol. The number of nitrogens with one attached hydrogen (secondary N) is 3. The van der Waals surface area contributed by atoms with Crippen LogP contribution in [0.15, 0.2) is 54.7 Å². The van der Waals surface area contributed by atoms with Crippen molar-refractivity contribution < 1.29 is 19.1 Å². The minimum absolute atomic E-state index is 0.0984. The maximum Gasteiger partial charge on any atom is 0.220 e. The maximum absolute atomic E-state index is 11.7. The number of likely N-dealkylation sites (N-methyl/N-ethyl adjacent to an activating group) is 1. The largest absolute Gasteiger partial charge is 0.496 e. The third-order valence-electron chi connectivity index (χ3n) is 9.35. The van der Waals surface area contributed by atoms with Crippen molar-refractivity contribution in [3.63, 3.8) is 0 Å². The molecule has 2 aromatic carbocycles. The number of benzene rings is 2. The molecule has 12 heteroatoms. The lowest BCUT2D eigenvalue weighted by Gasteiger charge is -2.23. The Kier molecular flexibility index (Phi) is 11.2. The van der Waals surface area contributed by atoms with Gasteiger partial charge in [0, 0.05) is 90.7 Å². The number of amides is 2. The second-order valence-corrected chi connectivity index (χ2v) is 13.7. The molecule has 4 aromatic rings. The average molecular weight is 718 g/mol. The van der Waals surface area contributed by atoms with E-state index in [1.165, 1.54) is 0 Å².